The first-order valence-corrected chi connectivity index (χ1v) is 14.6. The van der Waals surface area contributed by atoms with Crippen LogP contribution in [0.25, 0.3) is 10.9 Å². The topological polar surface area (TPSA) is 51.5 Å². The highest BCUT2D eigenvalue weighted by Crippen LogP contribution is 2.55. The Hall–Kier alpha value is -3.51. The summed E-state index contributed by atoms with van der Waals surface area (Å²) >= 11 is 0. The van der Waals surface area contributed by atoms with Gasteiger partial charge in [0.15, 0.2) is 11.6 Å². The van der Waals surface area contributed by atoms with Crippen LogP contribution < -0.4 is 0 Å². The van der Waals surface area contributed by atoms with Crippen LogP contribution >= 0.6 is 0 Å². The zero-order chi connectivity index (χ0) is 29.1. The molecule has 0 bridgehead atoms. The zero-order valence-corrected chi connectivity index (χ0v) is 24.7. The highest BCUT2D eigenvalue weighted by atomic mass is 19.1. The average Bonchev–Trinajstić information content (AvgIpc) is 3.24. The molecular formula is C35H39FN2O3. The SMILES string of the molecule is COCCN1C2=C(C(=O)CC(C)(C)C2)C(c2cn(Cc3cccc(F)c3)c3ccccc23)C2=C1CC(C)(C)CC2=O. The number of para-hydroxylation sites is 1. The summed E-state index contributed by atoms with van der Waals surface area (Å²) < 4.78 is 21.7. The molecule has 2 aromatic carbocycles. The molecule has 0 saturated carbocycles. The summed E-state index contributed by atoms with van der Waals surface area (Å²) in [5.41, 5.74) is 6.10. The molecule has 0 saturated heterocycles. The third-order valence-corrected chi connectivity index (χ3v) is 8.91. The molecule has 0 radical (unpaired) electrons. The molecule has 41 heavy (non-hydrogen) atoms. The van der Waals surface area contributed by atoms with E-state index < -0.39 is 5.92 Å². The van der Waals surface area contributed by atoms with Crippen LogP contribution in [-0.2, 0) is 20.9 Å². The second kappa shape index (κ2) is 10.1. The number of benzene rings is 2. The van der Waals surface area contributed by atoms with E-state index in [1.54, 1.807) is 19.2 Å². The van der Waals surface area contributed by atoms with Gasteiger partial charge in [-0.05, 0) is 53.0 Å². The van der Waals surface area contributed by atoms with Crippen LogP contribution in [0.4, 0.5) is 4.39 Å². The van der Waals surface area contributed by atoms with E-state index in [0.29, 0.717) is 32.5 Å². The maximum absolute atomic E-state index is 14.1. The third-order valence-electron chi connectivity index (χ3n) is 8.91. The first-order valence-electron chi connectivity index (χ1n) is 14.6. The van der Waals surface area contributed by atoms with Gasteiger partial charge in [0.2, 0.25) is 0 Å². The van der Waals surface area contributed by atoms with Crippen molar-refractivity contribution in [1.82, 2.24) is 9.47 Å². The summed E-state index contributed by atoms with van der Waals surface area (Å²) in [4.78, 5) is 30.5. The van der Waals surface area contributed by atoms with Crippen molar-refractivity contribution in [2.75, 3.05) is 20.3 Å². The van der Waals surface area contributed by atoms with Crippen molar-refractivity contribution in [1.29, 1.82) is 0 Å². The lowest BCUT2D eigenvalue weighted by Crippen LogP contribution is -2.45. The van der Waals surface area contributed by atoms with Gasteiger partial charge < -0.3 is 14.2 Å². The minimum atomic E-state index is -0.426. The molecule has 1 aliphatic heterocycles. The van der Waals surface area contributed by atoms with Crippen LogP contribution in [0, 0.1) is 16.6 Å². The summed E-state index contributed by atoms with van der Waals surface area (Å²) in [5.74, 6) is -0.452. The summed E-state index contributed by atoms with van der Waals surface area (Å²) in [6.07, 6.45) is 4.53. The first kappa shape index (κ1) is 27.6. The molecule has 0 fully saturated rings. The molecule has 0 unspecified atom stereocenters. The smallest absolute Gasteiger partial charge is 0.162 e. The van der Waals surface area contributed by atoms with Crippen molar-refractivity contribution >= 4 is 22.5 Å². The van der Waals surface area contributed by atoms with Crippen LogP contribution in [0.5, 0.6) is 0 Å². The van der Waals surface area contributed by atoms with Gasteiger partial charge in [-0.3, -0.25) is 9.59 Å². The monoisotopic (exact) mass is 554 g/mol. The Morgan fingerprint density at radius 2 is 1.51 bits per heavy atom. The molecule has 0 spiro atoms. The molecule has 2 heterocycles. The Kier molecular flexibility index (Phi) is 6.80. The largest absolute Gasteiger partial charge is 0.383 e. The number of fused-ring (bicyclic) bond motifs is 1. The maximum Gasteiger partial charge on any atom is 0.162 e. The maximum atomic E-state index is 14.1. The second-order valence-electron chi connectivity index (χ2n) is 13.5. The van der Waals surface area contributed by atoms with Crippen molar-refractivity contribution < 1.29 is 18.7 Å². The lowest BCUT2D eigenvalue weighted by Gasteiger charge is -2.49. The van der Waals surface area contributed by atoms with Gasteiger partial charge in [0, 0.05) is 78.6 Å². The van der Waals surface area contributed by atoms with Gasteiger partial charge in [-0.1, -0.05) is 58.0 Å². The molecule has 0 N–H and O–H groups in total. The number of nitrogens with zero attached hydrogens (tertiary/aromatic N) is 2. The number of hydrogen-bond donors (Lipinski definition) is 0. The first-order chi connectivity index (χ1) is 19.5. The Balaban J connectivity index is 1.60. The van der Waals surface area contributed by atoms with E-state index in [0.717, 1.165) is 57.4 Å². The lowest BCUT2D eigenvalue weighted by atomic mass is 9.63. The zero-order valence-electron chi connectivity index (χ0n) is 24.7. The standard InChI is InChI=1S/C35H39FN2O3/c1-34(2)16-27-32(29(39)18-34)31(33-28(38(27)13-14-41-5)17-35(3,4)19-30(33)40)25-21-37(26-12-7-6-11-24(25)26)20-22-9-8-10-23(36)15-22/h6-12,15,21,31H,13-14,16-20H2,1-5H3. The molecule has 6 rings (SSSR count). The Bertz CT molecular complexity index is 1570. The number of carbonyl (C=O) groups is 2. The van der Waals surface area contributed by atoms with Crippen molar-refractivity contribution in [3.05, 3.63) is 94.2 Å². The van der Waals surface area contributed by atoms with E-state index in [-0.39, 0.29) is 28.2 Å². The number of Topliss-reactive ketones (excluding diaryl/α,β-unsaturated/α-hetero) is 2. The molecule has 6 heteroatoms. The molecule has 3 aliphatic rings. The van der Waals surface area contributed by atoms with Crippen molar-refractivity contribution in [3.8, 4) is 0 Å². The summed E-state index contributed by atoms with van der Waals surface area (Å²) in [7, 11) is 1.69. The van der Waals surface area contributed by atoms with E-state index in [4.69, 9.17) is 4.74 Å². The number of rotatable bonds is 6. The van der Waals surface area contributed by atoms with Crippen LogP contribution in [0.3, 0.4) is 0 Å². The van der Waals surface area contributed by atoms with E-state index in [2.05, 4.69) is 55.5 Å². The van der Waals surface area contributed by atoms with Gasteiger partial charge in [0.05, 0.1) is 6.61 Å². The van der Waals surface area contributed by atoms with Gasteiger partial charge in [-0.2, -0.15) is 0 Å². The van der Waals surface area contributed by atoms with Crippen molar-refractivity contribution in [3.63, 3.8) is 0 Å². The molecule has 0 amide bonds. The van der Waals surface area contributed by atoms with E-state index in [1.807, 2.05) is 18.2 Å². The van der Waals surface area contributed by atoms with Crippen LogP contribution in [0.1, 0.15) is 70.4 Å². The second-order valence-corrected chi connectivity index (χ2v) is 13.5. The molecule has 3 aromatic rings. The van der Waals surface area contributed by atoms with Crippen LogP contribution in [-0.4, -0.2) is 41.3 Å². The predicted molar refractivity (Wildman–Crippen MR) is 159 cm³/mol. The van der Waals surface area contributed by atoms with Crippen LogP contribution in [0.2, 0.25) is 0 Å². The molecule has 5 nitrogen and oxygen atoms in total. The molecule has 0 atom stereocenters. The van der Waals surface area contributed by atoms with E-state index in [9.17, 15) is 14.0 Å². The quantitative estimate of drug-likeness (QED) is 0.324. The van der Waals surface area contributed by atoms with Crippen LogP contribution in [0.15, 0.2) is 77.3 Å². The molecular weight excluding hydrogens is 515 g/mol. The number of ether oxygens (including phenoxy) is 1. The fourth-order valence-electron chi connectivity index (χ4n) is 7.28. The van der Waals surface area contributed by atoms with Crippen molar-refractivity contribution in [2.24, 2.45) is 10.8 Å². The molecule has 1 aromatic heterocycles. The minimum absolute atomic E-state index is 0.120. The lowest BCUT2D eigenvalue weighted by molar-refractivity contribution is -0.119. The number of allylic oxidation sites excluding steroid dienone is 4. The van der Waals surface area contributed by atoms with E-state index in [1.165, 1.54) is 6.07 Å². The number of aromatic nitrogens is 1. The number of halogens is 1. The molecule has 2 aliphatic carbocycles. The Morgan fingerprint density at radius 1 is 0.878 bits per heavy atom. The van der Waals surface area contributed by atoms with Crippen molar-refractivity contribution in [2.45, 2.75) is 65.8 Å². The van der Waals surface area contributed by atoms with E-state index >= 15 is 0 Å². The Morgan fingerprint density at radius 3 is 2.12 bits per heavy atom. The number of methoxy groups -OCH3 is 1. The normalized spacial score (nSPS) is 20.6. The summed E-state index contributed by atoms with van der Waals surface area (Å²) in [6, 6.07) is 14.8. The fraction of sp³-hybridized carbons (Fsp3) is 0.429. The number of ketones is 2. The fourth-order valence-corrected chi connectivity index (χ4v) is 7.28. The van der Waals surface area contributed by atoms with Gasteiger partial charge in [0.1, 0.15) is 5.82 Å². The minimum Gasteiger partial charge on any atom is -0.383 e. The molecule has 214 valence electrons. The van der Waals surface area contributed by atoms with Gasteiger partial charge in [-0.25, -0.2) is 4.39 Å². The van der Waals surface area contributed by atoms with Gasteiger partial charge in [-0.15, -0.1) is 0 Å². The van der Waals surface area contributed by atoms with Gasteiger partial charge >= 0.3 is 0 Å². The Labute approximate surface area is 241 Å². The third kappa shape index (κ3) is 4.97. The van der Waals surface area contributed by atoms with Gasteiger partial charge in [0.25, 0.3) is 0 Å². The number of carbonyl (C=O) groups excluding carboxylic acids is 2. The summed E-state index contributed by atoms with van der Waals surface area (Å²) in [6.45, 7) is 10.2. The predicted octanol–water partition coefficient (Wildman–Crippen LogP) is 7.16. The number of hydrogen-bond acceptors (Lipinski definition) is 4. The summed E-state index contributed by atoms with van der Waals surface area (Å²) in [5, 5.41) is 1.02. The highest BCUT2D eigenvalue weighted by Gasteiger charge is 2.49. The highest BCUT2D eigenvalue weighted by molar-refractivity contribution is 6.08. The average molecular weight is 555 g/mol.